The number of amides is 2. The minimum atomic E-state index is -1.59. The van der Waals surface area contributed by atoms with Gasteiger partial charge in [0.05, 0.1) is 12.6 Å². The highest BCUT2D eigenvalue weighted by Gasteiger charge is 2.62. The van der Waals surface area contributed by atoms with Gasteiger partial charge in [-0.25, -0.2) is 13.2 Å². The monoisotopic (exact) mass is 628 g/mol. The number of halogens is 3. The quantitative estimate of drug-likeness (QED) is 0.408. The summed E-state index contributed by atoms with van der Waals surface area (Å²) in [5.41, 5.74) is 2.71. The number of fused-ring (bicyclic) bond motifs is 5. The Hall–Kier alpha value is -4.24. The van der Waals surface area contributed by atoms with Gasteiger partial charge in [-0.05, 0) is 25.3 Å². The number of rotatable bonds is 7. The van der Waals surface area contributed by atoms with E-state index in [2.05, 4.69) is 0 Å². The Bertz CT molecular complexity index is 1700. The standard InChI is InChI=1S/C31H31F3N4O7/c1-16-8-9-31(27(40)30(43-2)38(45-31)13-19-21(33)10-18(32)11-22(19)34)23-14-36(16)29(42)24-26(44-15-17-6-4-3-5-7-17)25(39)20(28(35)41)12-37(23)24/h3-7,10-12,16,23,27,30,40H,8-9,13-15H2,1-2H3,(H2,35,41)/t16-,23+,27-,30?,31+/m0/s1. The molecule has 3 N–H and O–H groups in total. The van der Waals surface area contributed by atoms with Crippen molar-refractivity contribution in [1.29, 1.82) is 0 Å². The lowest BCUT2D eigenvalue weighted by atomic mass is 9.83. The van der Waals surface area contributed by atoms with Crippen molar-refractivity contribution in [1.82, 2.24) is 14.5 Å². The summed E-state index contributed by atoms with van der Waals surface area (Å²) in [4.78, 5) is 47.9. The third-order valence-corrected chi connectivity index (χ3v) is 8.90. The van der Waals surface area contributed by atoms with E-state index in [0.717, 1.165) is 11.3 Å². The fourth-order valence-corrected chi connectivity index (χ4v) is 6.54. The highest BCUT2D eigenvalue weighted by atomic mass is 19.1. The van der Waals surface area contributed by atoms with E-state index < -0.39 is 76.3 Å². The van der Waals surface area contributed by atoms with Gasteiger partial charge in [-0.15, -0.1) is 0 Å². The van der Waals surface area contributed by atoms with Crippen molar-refractivity contribution in [3.8, 4) is 5.75 Å². The van der Waals surface area contributed by atoms with Crippen molar-refractivity contribution < 1.29 is 42.2 Å². The molecule has 0 radical (unpaired) electrons. The summed E-state index contributed by atoms with van der Waals surface area (Å²) < 4.78 is 55.8. The first kappa shape index (κ1) is 30.8. The summed E-state index contributed by atoms with van der Waals surface area (Å²) in [6.07, 6.45) is -1.10. The molecule has 0 aliphatic carbocycles. The summed E-state index contributed by atoms with van der Waals surface area (Å²) in [7, 11) is 1.28. The number of ether oxygens (including phenoxy) is 2. The smallest absolute Gasteiger partial charge is 0.274 e. The van der Waals surface area contributed by atoms with Gasteiger partial charge in [-0.1, -0.05) is 30.3 Å². The number of hydroxylamine groups is 2. The van der Waals surface area contributed by atoms with Crippen LogP contribution in [0.25, 0.3) is 0 Å². The second-order valence-corrected chi connectivity index (χ2v) is 11.5. The predicted molar refractivity (Wildman–Crippen MR) is 151 cm³/mol. The van der Waals surface area contributed by atoms with E-state index in [4.69, 9.17) is 20.0 Å². The highest BCUT2D eigenvalue weighted by Crippen LogP contribution is 2.49. The molecule has 45 heavy (non-hydrogen) atoms. The molecule has 2 saturated heterocycles. The molecule has 1 aromatic heterocycles. The molecule has 238 valence electrons. The lowest BCUT2D eigenvalue weighted by molar-refractivity contribution is -0.253. The molecule has 2 fully saturated rings. The van der Waals surface area contributed by atoms with E-state index >= 15 is 0 Å². The van der Waals surface area contributed by atoms with Crippen LogP contribution in [0.2, 0.25) is 0 Å². The molecule has 3 aromatic rings. The summed E-state index contributed by atoms with van der Waals surface area (Å²) >= 11 is 0. The van der Waals surface area contributed by atoms with Gasteiger partial charge in [0.25, 0.3) is 11.8 Å². The van der Waals surface area contributed by atoms with Crippen molar-refractivity contribution in [2.45, 2.75) is 62.9 Å². The summed E-state index contributed by atoms with van der Waals surface area (Å²) in [5.74, 6) is -5.38. The molecule has 3 aliphatic rings. The number of hydrogen-bond donors (Lipinski definition) is 2. The minimum Gasteiger partial charge on any atom is -0.483 e. The number of nitrogens with two attached hydrogens (primary N) is 1. The highest BCUT2D eigenvalue weighted by molar-refractivity contribution is 5.99. The fourth-order valence-electron chi connectivity index (χ4n) is 6.54. The topological polar surface area (TPSA) is 137 Å². The molecule has 3 aliphatic heterocycles. The van der Waals surface area contributed by atoms with Crippen LogP contribution >= 0.6 is 0 Å². The Labute approximate surface area is 255 Å². The van der Waals surface area contributed by atoms with Crippen LogP contribution in [0.5, 0.6) is 5.75 Å². The average molecular weight is 629 g/mol. The summed E-state index contributed by atoms with van der Waals surface area (Å²) in [6.45, 7) is 1.12. The lowest BCUT2D eigenvalue weighted by Gasteiger charge is -2.43. The Morgan fingerprint density at radius 2 is 1.84 bits per heavy atom. The van der Waals surface area contributed by atoms with Crippen molar-refractivity contribution in [2.75, 3.05) is 13.7 Å². The summed E-state index contributed by atoms with van der Waals surface area (Å²) in [5, 5.41) is 12.9. The minimum absolute atomic E-state index is 0.0210. The number of methoxy groups -OCH3 is 1. The largest absolute Gasteiger partial charge is 0.483 e. The summed E-state index contributed by atoms with van der Waals surface area (Å²) in [6, 6.07) is 8.62. The lowest BCUT2D eigenvalue weighted by Crippen LogP contribution is -2.56. The number of aliphatic hydroxyl groups is 1. The van der Waals surface area contributed by atoms with Gasteiger partial charge >= 0.3 is 0 Å². The van der Waals surface area contributed by atoms with Gasteiger partial charge < -0.3 is 29.8 Å². The van der Waals surface area contributed by atoms with Crippen LogP contribution in [0.15, 0.2) is 53.5 Å². The molecule has 2 bridgehead atoms. The number of aromatic nitrogens is 1. The van der Waals surface area contributed by atoms with Crippen molar-refractivity contribution in [2.24, 2.45) is 5.73 Å². The van der Waals surface area contributed by atoms with Gasteiger partial charge in [0.15, 0.2) is 17.7 Å². The molecule has 5 atom stereocenters. The molecule has 4 heterocycles. The number of primary amides is 1. The fraction of sp³-hybridized carbons (Fsp3) is 0.387. The van der Waals surface area contributed by atoms with E-state index in [9.17, 15) is 32.7 Å². The molecule has 11 nitrogen and oxygen atoms in total. The first-order valence-electron chi connectivity index (χ1n) is 14.3. The van der Waals surface area contributed by atoms with Crippen LogP contribution in [0.3, 0.4) is 0 Å². The molecule has 2 amide bonds. The number of pyridine rings is 1. The van der Waals surface area contributed by atoms with Crippen LogP contribution < -0.4 is 15.9 Å². The van der Waals surface area contributed by atoms with Crippen molar-refractivity contribution in [3.05, 3.63) is 98.7 Å². The Morgan fingerprint density at radius 3 is 2.49 bits per heavy atom. The van der Waals surface area contributed by atoms with Crippen LogP contribution in [0, 0.1) is 17.5 Å². The Kier molecular flexibility index (Phi) is 7.93. The molecule has 1 unspecified atom stereocenters. The molecule has 1 spiro atoms. The zero-order chi connectivity index (χ0) is 32.2. The number of hydrogen-bond acceptors (Lipinski definition) is 8. The van der Waals surface area contributed by atoms with Crippen LogP contribution in [-0.2, 0) is 22.7 Å². The van der Waals surface area contributed by atoms with E-state index in [-0.39, 0.29) is 37.1 Å². The maximum atomic E-state index is 14.7. The second kappa shape index (κ2) is 11.6. The maximum absolute atomic E-state index is 14.7. The van der Waals surface area contributed by atoms with Crippen molar-refractivity contribution >= 4 is 11.8 Å². The zero-order valence-electron chi connectivity index (χ0n) is 24.4. The molecular weight excluding hydrogens is 597 g/mol. The first-order chi connectivity index (χ1) is 21.5. The van der Waals surface area contributed by atoms with Crippen LogP contribution in [0.1, 0.15) is 57.8 Å². The number of carbonyl (C=O) groups is 2. The number of benzene rings is 2. The van der Waals surface area contributed by atoms with E-state index in [0.29, 0.717) is 24.1 Å². The predicted octanol–water partition coefficient (Wildman–Crippen LogP) is 2.64. The van der Waals surface area contributed by atoms with Crippen LogP contribution in [0.4, 0.5) is 13.2 Å². The Balaban J connectivity index is 1.49. The van der Waals surface area contributed by atoms with Crippen LogP contribution in [-0.4, -0.2) is 69.1 Å². The van der Waals surface area contributed by atoms with Gasteiger partial charge in [-0.3, -0.25) is 19.2 Å². The third kappa shape index (κ3) is 5.07. The molecule has 0 saturated carbocycles. The van der Waals surface area contributed by atoms with Gasteiger partial charge in [0.1, 0.15) is 41.3 Å². The number of carbonyl (C=O) groups excluding carboxylic acids is 2. The SMILES string of the molecule is COC1[C@H](O)[C@]2(CC[C@H](C)N3C[C@H]2n2cc(C(N)=O)c(=O)c(OCc4ccccc4)c2C3=O)ON1Cc1c(F)cc(F)cc1F. The maximum Gasteiger partial charge on any atom is 0.274 e. The second-order valence-electron chi connectivity index (χ2n) is 11.5. The molecule has 2 aromatic carbocycles. The molecule has 6 rings (SSSR count). The third-order valence-electron chi connectivity index (χ3n) is 8.90. The van der Waals surface area contributed by atoms with Crippen molar-refractivity contribution in [3.63, 3.8) is 0 Å². The average Bonchev–Trinajstić information content (AvgIpc) is 3.19. The molecular formula is C31H31F3N4O7. The Morgan fingerprint density at radius 1 is 1.16 bits per heavy atom. The number of aliphatic hydroxyl groups excluding tert-OH is 1. The first-order valence-corrected chi connectivity index (χ1v) is 14.3. The number of nitrogens with zero attached hydrogens (tertiary/aromatic N) is 3. The molecule has 14 heteroatoms. The van der Waals surface area contributed by atoms with E-state index in [1.165, 1.54) is 16.6 Å². The van der Waals surface area contributed by atoms with Gasteiger partial charge in [-0.2, -0.15) is 5.06 Å². The normalized spacial score (nSPS) is 26.2. The van der Waals surface area contributed by atoms with E-state index in [1.807, 2.05) is 0 Å². The zero-order valence-corrected chi connectivity index (χ0v) is 24.4. The van der Waals surface area contributed by atoms with E-state index in [1.54, 1.807) is 37.3 Å². The van der Waals surface area contributed by atoms with Gasteiger partial charge in [0.2, 0.25) is 5.43 Å². The van der Waals surface area contributed by atoms with Gasteiger partial charge in [0, 0.05) is 43.6 Å².